The summed E-state index contributed by atoms with van der Waals surface area (Å²) in [5.74, 6) is -1.81. The monoisotopic (exact) mass is 344 g/mol. The van der Waals surface area contributed by atoms with Crippen molar-refractivity contribution in [2.24, 2.45) is 16.6 Å². The molecule has 1 aliphatic carbocycles. The molecule has 0 unspecified atom stereocenters. The number of benzene rings is 1. The van der Waals surface area contributed by atoms with Crippen LogP contribution in [0.2, 0.25) is 0 Å². The highest BCUT2D eigenvalue weighted by atomic mass is 32.1. The van der Waals surface area contributed by atoms with Crippen LogP contribution in [0, 0.1) is 5.92 Å². The zero-order valence-electron chi connectivity index (χ0n) is 13.2. The Morgan fingerprint density at radius 2 is 1.92 bits per heavy atom. The van der Waals surface area contributed by atoms with Crippen LogP contribution < -0.4 is 16.0 Å². The Kier molecular flexibility index (Phi) is 5.01. The molecule has 2 aliphatic rings. The van der Waals surface area contributed by atoms with E-state index in [9.17, 15) is 9.59 Å². The van der Waals surface area contributed by atoms with E-state index < -0.39 is 11.8 Å². The molecule has 1 heterocycles. The van der Waals surface area contributed by atoms with Crippen LogP contribution >= 0.6 is 12.2 Å². The van der Waals surface area contributed by atoms with Crippen LogP contribution in [0.25, 0.3) is 0 Å². The summed E-state index contributed by atoms with van der Waals surface area (Å²) in [6.45, 7) is 0. The Morgan fingerprint density at radius 3 is 2.62 bits per heavy atom. The van der Waals surface area contributed by atoms with Crippen molar-refractivity contribution in [2.45, 2.75) is 37.8 Å². The fourth-order valence-electron chi connectivity index (χ4n) is 3.07. The molecule has 1 saturated heterocycles. The molecule has 1 aromatic rings. The quantitative estimate of drug-likeness (QED) is 0.493. The summed E-state index contributed by atoms with van der Waals surface area (Å²) in [7, 11) is 0. The molecule has 3 rings (SSSR count). The highest BCUT2D eigenvalue weighted by molar-refractivity contribution is 7.80. The second kappa shape index (κ2) is 7.19. The first-order valence-corrected chi connectivity index (χ1v) is 8.51. The average Bonchev–Trinajstić information content (AvgIpc) is 2.57. The summed E-state index contributed by atoms with van der Waals surface area (Å²) in [5.41, 5.74) is 6.70. The van der Waals surface area contributed by atoms with Gasteiger partial charge in [-0.15, -0.1) is 0 Å². The SMILES string of the molecule is N[C@@H]1CCCC[C@H]1N=C[C@@H]1C(=O)NC(=S)N(c2ccccc2)C1=O. The fraction of sp³-hybridized carbons (Fsp3) is 0.412. The third kappa shape index (κ3) is 3.37. The number of nitrogens with zero attached hydrogens (tertiary/aromatic N) is 2. The lowest BCUT2D eigenvalue weighted by molar-refractivity contribution is -0.130. The van der Waals surface area contributed by atoms with Crippen molar-refractivity contribution < 1.29 is 9.59 Å². The Labute approximate surface area is 146 Å². The van der Waals surface area contributed by atoms with E-state index in [1.165, 1.54) is 11.1 Å². The van der Waals surface area contributed by atoms with Crippen LogP contribution in [-0.2, 0) is 9.59 Å². The largest absolute Gasteiger partial charge is 0.326 e. The number of thiocarbonyl (C=S) groups is 1. The van der Waals surface area contributed by atoms with Gasteiger partial charge in [0.1, 0.15) is 0 Å². The molecule has 2 amide bonds. The summed E-state index contributed by atoms with van der Waals surface area (Å²) < 4.78 is 0. The normalized spacial score (nSPS) is 28.3. The highest BCUT2D eigenvalue weighted by Crippen LogP contribution is 2.22. The molecular formula is C17H20N4O2S. The number of para-hydroxylation sites is 1. The Balaban J connectivity index is 1.80. The van der Waals surface area contributed by atoms with E-state index in [0.29, 0.717) is 5.69 Å². The molecule has 0 bridgehead atoms. The molecule has 126 valence electrons. The Bertz CT molecular complexity index is 676. The van der Waals surface area contributed by atoms with Gasteiger partial charge in [-0.3, -0.25) is 19.5 Å². The number of rotatable bonds is 3. The van der Waals surface area contributed by atoms with Crippen molar-refractivity contribution in [3.8, 4) is 0 Å². The van der Waals surface area contributed by atoms with Gasteiger partial charge in [0.25, 0.3) is 5.91 Å². The molecule has 0 radical (unpaired) electrons. The van der Waals surface area contributed by atoms with Crippen molar-refractivity contribution >= 4 is 41.0 Å². The standard InChI is InChI=1S/C17H20N4O2S/c18-13-8-4-5-9-14(13)19-10-12-15(22)20-17(24)21(16(12)23)11-6-2-1-3-7-11/h1-3,6-7,10,12-14H,4-5,8-9,18H2,(H,20,22,24)/t12-,13-,14-/m1/s1. The molecule has 1 aliphatic heterocycles. The Hall–Kier alpha value is -2.12. The minimum Gasteiger partial charge on any atom is -0.326 e. The third-order valence-electron chi connectivity index (χ3n) is 4.42. The van der Waals surface area contributed by atoms with Gasteiger partial charge in [0.15, 0.2) is 11.0 Å². The zero-order chi connectivity index (χ0) is 17.1. The van der Waals surface area contributed by atoms with E-state index >= 15 is 0 Å². The van der Waals surface area contributed by atoms with Crippen molar-refractivity contribution in [1.82, 2.24) is 5.32 Å². The van der Waals surface area contributed by atoms with Crippen LogP contribution in [0.1, 0.15) is 25.7 Å². The van der Waals surface area contributed by atoms with Crippen LogP contribution in [0.3, 0.4) is 0 Å². The number of carbonyl (C=O) groups excluding carboxylic acids is 2. The second-order valence-electron chi connectivity index (χ2n) is 6.10. The van der Waals surface area contributed by atoms with Crippen molar-refractivity contribution in [2.75, 3.05) is 4.90 Å². The van der Waals surface area contributed by atoms with Crippen LogP contribution in [0.5, 0.6) is 0 Å². The molecule has 3 atom stereocenters. The molecule has 6 nitrogen and oxygen atoms in total. The first kappa shape index (κ1) is 16.7. The number of aliphatic imine (C=N–C) groups is 1. The van der Waals surface area contributed by atoms with Gasteiger partial charge in [0, 0.05) is 12.3 Å². The first-order valence-electron chi connectivity index (χ1n) is 8.10. The summed E-state index contributed by atoms with van der Waals surface area (Å²) in [5, 5.41) is 2.68. The number of carbonyl (C=O) groups is 2. The maximum Gasteiger partial charge on any atom is 0.251 e. The zero-order valence-corrected chi connectivity index (χ0v) is 14.0. The van der Waals surface area contributed by atoms with Crippen molar-refractivity contribution in [1.29, 1.82) is 0 Å². The van der Waals surface area contributed by atoms with Gasteiger partial charge in [-0.05, 0) is 37.2 Å². The number of hydrogen-bond donors (Lipinski definition) is 2. The van der Waals surface area contributed by atoms with E-state index in [2.05, 4.69) is 10.3 Å². The Morgan fingerprint density at radius 1 is 1.21 bits per heavy atom. The van der Waals surface area contributed by atoms with E-state index in [0.717, 1.165) is 25.7 Å². The van der Waals surface area contributed by atoms with Crippen LogP contribution in [0.15, 0.2) is 35.3 Å². The maximum atomic E-state index is 12.8. The number of anilines is 1. The van der Waals surface area contributed by atoms with Gasteiger partial charge < -0.3 is 11.1 Å². The second-order valence-corrected chi connectivity index (χ2v) is 6.48. The van der Waals surface area contributed by atoms with Crippen molar-refractivity contribution in [3.05, 3.63) is 30.3 Å². The van der Waals surface area contributed by atoms with Gasteiger partial charge in [0.05, 0.1) is 11.7 Å². The van der Waals surface area contributed by atoms with Gasteiger partial charge in [-0.25, -0.2) is 0 Å². The lowest BCUT2D eigenvalue weighted by atomic mass is 9.91. The molecule has 0 aromatic heterocycles. The predicted molar refractivity (Wildman–Crippen MR) is 96.9 cm³/mol. The maximum absolute atomic E-state index is 12.8. The molecular weight excluding hydrogens is 324 g/mol. The fourth-order valence-corrected chi connectivity index (χ4v) is 3.36. The van der Waals surface area contributed by atoms with E-state index in [1.807, 2.05) is 18.2 Å². The first-order chi connectivity index (χ1) is 11.6. The lowest BCUT2D eigenvalue weighted by Gasteiger charge is -2.31. The summed E-state index contributed by atoms with van der Waals surface area (Å²) in [6, 6.07) is 8.97. The van der Waals surface area contributed by atoms with E-state index in [1.54, 1.807) is 12.1 Å². The molecule has 24 heavy (non-hydrogen) atoms. The van der Waals surface area contributed by atoms with Gasteiger partial charge in [-0.1, -0.05) is 31.0 Å². The van der Waals surface area contributed by atoms with E-state index in [4.69, 9.17) is 18.0 Å². The minimum atomic E-state index is -0.981. The smallest absolute Gasteiger partial charge is 0.251 e. The lowest BCUT2D eigenvalue weighted by Crippen LogP contribution is -2.58. The highest BCUT2D eigenvalue weighted by Gasteiger charge is 2.38. The predicted octanol–water partition coefficient (Wildman–Crippen LogP) is 1.39. The number of nitrogens with one attached hydrogen (secondary N) is 1. The number of amides is 2. The van der Waals surface area contributed by atoms with Gasteiger partial charge >= 0.3 is 0 Å². The van der Waals surface area contributed by atoms with Crippen LogP contribution in [0.4, 0.5) is 5.69 Å². The molecule has 7 heteroatoms. The molecule has 2 fully saturated rings. The average molecular weight is 344 g/mol. The topological polar surface area (TPSA) is 87.8 Å². The van der Waals surface area contributed by atoms with Crippen LogP contribution in [-0.4, -0.2) is 35.2 Å². The molecule has 0 spiro atoms. The molecule has 1 saturated carbocycles. The summed E-state index contributed by atoms with van der Waals surface area (Å²) in [6.07, 6.45) is 5.42. The molecule has 1 aromatic carbocycles. The minimum absolute atomic E-state index is 0.0111. The third-order valence-corrected chi connectivity index (χ3v) is 4.71. The molecule has 3 N–H and O–H groups in total. The summed E-state index contributed by atoms with van der Waals surface area (Å²) in [4.78, 5) is 30.7. The van der Waals surface area contributed by atoms with Gasteiger partial charge in [-0.2, -0.15) is 0 Å². The van der Waals surface area contributed by atoms with E-state index in [-0.39, 0.29) is 23.1 Å². The van der Waals surface area contributed by atoms with Crippen molar-refractivity contribution in [3.63, 3.8) is 0 Å². The van der Waals surface area contributed by atoms with Gasteiger partial charge in [0.2, 0.25) is 5.91 Å². The number of hydrogen-bond acceptors (Lipinski definition) is 5. The number of nitrogens with two attached hydrogens (primary N) is 1. The summed E-state index contributed by atoms with van der Waals surface area (Å²) >= 11 is 5.15.